The third-order valence-electron chi connectivity index (χ3n) is 5.22. The number of H-pyrrole nitrogens is 1. The molecule has 0 unspecified atom stereocenters. The minimum absolute atomic E-state index is 0.0738. The molecule has 0 radical (unpaired) electrons. The van der Waals surface area contributed by atoms with Crippen molar-refractivity contribution in [3.8, 4) is 0 Å². The number of nitrogens with one attached hydrogen (secondary N) is 3. The molecule has 1 saturated carbocycles. The van der Waals surface area contributed by atoms with Crippen LogP contribution >= 0.6 is 23.4 Å². The van der Waals surface area contributed by atoms with Crippen molar-refractivity contribution in [1.82, 2.24) is 24.6 Å². The monoisotopic (exact) mass is 453 g/mol. The number of aromatic amines is 1. The van der Waals surface area contributed by atoms with Gasteiger partial charge >= 0.3 is 0 Å². The quantitative estimate of drug-likeness (QED) is 0.348. The maximum absolute atomic E-state index is 11.4. The van der Waals surface area contributed by atoms with E-state index in [2.05, 4.69) is 31.9 Å². The lowest BCUT2D eigenvalue weighted by Crippen LogP contribution is -2.12. The maximum atomic E-state index is 11.4. The van der Waals surface area contributed by atoms with Gasteiger partial charge in [0.25, 0.3) is 0 Å². The van der Waals surface area contributed by atoms with Crippen molar-refractivity contribution in [3.05, 3.63) is 54.4 Å². The van der Waals surface area contributed by atoms with Gasteiger partial charge in [0.1, 0.15) is 11.5 Å². The molecule has 1 fully saturated rings. The van der Waals surface area contributed by atoms with Crippen molar-refractivity contribution >= 4 is 52.4 Å². The highest BCUT2D eigenvalue weighted by molar-refractivity contribution is 7.99. The van der Waals surface area contributed by atoms with Gasteiger partial charge in [-0.3, -0.25) is 14.3 Å². The molecule has 1 aliphatic rings. The van der Waals surface area contributed by atoms with Crippen LogP contribution in [-0.4, -0.2) is 36.4 Å². The average molecular weight is 454 g/mol. The number of carbonyl (C=O) groups excluding carboxylic acids is 1. The van der Waals surface area contributed by atoms with Gasteiger partial charge in [-0.25, -0.2) is 4.98 Å². The smallest absolute Gasteiger partial charge is 0.239 e. The van der Waals surface area contributed by atoms with Gasteiger partial charge in [0.05, 0.1) is 0 Å². The van der Waals surface area contributed by atoms with Gasteiger partial charge in [-0.2, -0.15) is 10.1 Å². The number of amides is 1. The van der Waals surface area contributed by atoms with Crippen LogP contribution in [-0.2, 0) is 4.79 Å². The summed E-state index contributed by atoms with van der Waals surface area (Å²) in [6, 6.07) is 13.4. The Kier molecular flexibility index (Phi) is 5.52. The van der Waals surface area contributed by atoms with Crippen LogP contribution in [0.2, 0.25) is 0 Å². The number of carbonyl (C=O) groups is 1. The van der Waals surface area contributed by atoms with E-state index in [4.69, 9.17) is 16.6 Å². The Bertz CT molecular complexity index is 1220. The van der Waals surface area contributed by atoms with E-state index in [1.54, 1.807) is 0 Å². The zero-order valence-electron chi connectivity index (χ0n) is 16.5. The van der Waals surface area contributed by atoms with Crippen LogP contribution in [0, 0.1) is 0 Å². The third kappa shape index (κ3) is 4.38. The van der Waals surface area contributed by atoms with Gasteiger partial charge in [0, 0.05) is 34.5 Å². The molecule has 3 heterocycles. The van der Waals surface area contributed by atoms with Crippen LogP contribution in [0.25, 0.3) is 5.65 Å². The first-order chi connectivity index (χ1) is 15.2. The van der Waals surface area contributed by atoms with Gasteiger partial charge in [-0.15, -0.1) is 11.6 Å². The molecule has 31 heavy (non-hydrogen) atoms. The number of fused-ring (bicyclic) bond motifs is 1. The summed E-state index contributed by atoms with van der Waals surface area (Å²) >= 11 is 6.98. The van der Waals surface area contributed by atoms with E-state index in [-0.39, 0.29) is 11.8 Å². The van der Waals surface area contributed by atoms with Crippen molar-refractivity contribution in [2.24, 2.45) is 0 Å². The third-order valence-corrected chi connectivity index (χ3v) is 6.33. The molecule has 0 bridgehead atoms. The minimum Gasteiger partial charge on any atom is -0.325 e. The van der Waals surface area contributed by atoms with Gasteiger partial charge in [-0.1, -0.05) is 6.42 Å². The number of rotatable bonds is 7. The van der Waals surface area contributed by atoms with Crippen LogP contribution in [0.1, 0.15) is 30.9 Å². The van der Waals surface area contributed by atoms with Crippen molar-refractivity contribution < 1.29 is 4.79 Å². The Hall–Kier alpha value is -3.04. The number of aromatic nitrogens is 5. The normalized spacial score (nSPS) is 13.8. The first-order valence-electron chi connectivity index (χ1n) is 9.99. The van der Waals surface area contributed by atoms with Crippen LogP contribution < -0.4 is 10.6 Å². The van der Waals surface area contributed by atoms with Crippen molar-refractivity contribution in [3.63, 3.8) is 0 Å². The second-order valence-corrected chi connectivity index (χ2v) is 8.64. The summed E-state index contributed by atoms with van der Waals surface area (Å²) in [5.74, 6) is 1.67. The number of nitrogens with zero attached hydrogens (tertiary/aromatic N) is 4. The molecule has 1 amide bonds. The Morgan fingerprint density at radius 3 is 2.81 bits per heavy atom. The van der Waals surface area contributed by atoms with E-state index in [9.17, 15) is 4.79 Å². The van der Waals surface area contributed by atoms with Crippen molar-refractivity contribution in [2.45, 2.75) is 35.2 Å². The predicted octanol–water partition coefficient (Wildman–Crippen LogP) is 4.79. The van der Waals surface area contributed by atoms with Crippen molar-refractivity contribution in [2.75, 3.05) is 16.5 Å². The van der Waals surface area contributed by atoms with E-state index in [0.717, 1.165) is 16.4 Å². The zero-order chi connectivity index (χ0) is 21.2. The standard InChI is InChI=1S/C21H20ClN7OS/c22-12-19(30)23-14-6-8-15(9-7-14)31-21-25-18-5-2-10-29(18)20(26-21)24-17-11-16(27-28-17)13-3-1-4-13/h2,5-11,13H,1,3-4,12H2,(H,23,30)(H2,24,25,26,27,28). The SMILES string of the molecule is O=C(CCl)Nc1ccc(Sc2nc(Nc3cc(C4CCC4)[nH]n3)n3cccc3n2)cc1. The van der Waals surface area contributed by atoms with Gasteiger partial charge in [0.2, 0.25) is 11.9 Å². The largest absolute Gasteiger partial charge is 0.325 e. The summed E-state index contributed by atoms with van der Waals surface area (Å²) in [4.78, 5) is 21.7. The fourth-order valence-corrected chi connectivity index (χ4v) is 4.21. The Morgan fingerprint density at radius 2 is 2.06 bits per heavy atom. The molecule has 1 aliphatic carbocycles. The lowest BCUT2D eigenvalue weighted by atomic mass is 9.83. The summed E-state index contributed by atoms with van der Waals surface area (Å²) in [5.41, 5.74) is 2.66. The summed E-state index contributed by atoms with van der Waals surface area (Å²) in [5, 5.41) is 14.2. The molecule has 4 aromatic rings. The van der Waals surface area contributed by atoms with Crippen LogP contribution in [0.3, 0.4) is 0 Å². The van der Waals surface area contributed by atoms with Crippen LogP contribution in [0.4, 0.5) is 17.5 Å². The fourth-order valence-electron chi connectivity index (χ4n) is 3.39. The van der Waals surface area contributed by atoms with E-state index < -0.39 is 0 Å². The first-order valence-corrected chi connectivity index (χ1v) is 11.3. The fraction of sp³-hybridized carbons (Fsp3) is 0.238. The highest BCUT2D eigenvalue weighted by Crippen LogP contribution is 2.36. The predicted molar refractivity (Wildman–Crippen MR) is 121 cm³/mol. The molecule has 0 spiro atoms. The van der Waals surface area contributed by atoms with Crippen LogP contribution in [0.5, 0.6) is 0 Å². The molecular weight excluding hydrogens is 434 g/mol. The molecule has 3 N–H and O–H groups in total. The van der Waals surface area contributed by atoms with Gasteiger partial charge in [0.15, 0.2) is 11.0 Å². The van der Waals surface area contributed by atoms with Gasteiger partial charge < -0.3 is 10.6 Å². The zero-order valence-corrected chi connectivity index (χ0v) is 18.1. The van der Waals surface area contributed by atoms with E-state index in [1.165, 1.54) is 36.7 Å². The molecule has 0 saturated heterocycles. The summed E-state index contributed by atoms with van der Waals surface area (Å²) in [6.07, 6.45) is 5.63. The highest BCUT2D eigenvalue weighted by atomic mass is 35.5. The first kappa shape index (κ1) is 19.9. The second kappa shape index (κ2) is 8.60. The molecule has 0 atom stereocenters. The number of alkyl halides is 1. The minimum atomic E-state index is -0.237. The molecule has 10 heteroatoms. The average Bonchev–Trinajstić information content (AvgIpc) is 3.38. The van der Waals surface area contributed by atoms with Crippen LogP contribution in [0.15, 0.2) is 58.7 Å². The Morgan fingerprint density at radius 1 is 1.23 bits per heavy atom. The molecule has 158 valence electrons. The molecule has 5 rings (SSSR count). The summed E-state index contributed by atoms with van der Waals surface area (Å²) in [7, 11) is 0. The lowest BCUT2D eigenvalue weighted by molar-refractivity contribution is -0.113. The number of benzene rings is 1. The summed E-state index contributed by atoms with van der Waals surface area (Å²) < 4.78 is 1.90. The van der Waals surface area contributed by atoms with E-state index in [1.807, 2.05) is 47.0 Å². The summed E-state index contributed by atoms with van der Waals surface area (Å²) in [6.45, 7) is 0. The lowest BCUT2D eigenvalue weighted by Gasteiger charge is -2.23. The van der Waals surface area contributed by atoms with E-state index in [0.29, 0.717) is 22.7 Å². The number of halogens is 1. The van der Waals surface area contributed by atoms with E-state index >= 15 is 0 Å². The molecule has 3 aromatic heterocycles. The molecular formula is C21H20ClN7OS. The number of hydrogen-bond acceptors (Lipinski definition) is 6. The molecule has 0 aliphatic heterocycles. The topological polar surface area (TPSA) is 100 Å². The Balaban J connectivity index is 1.36. The number of anilines is 3. The molecule has 1 aromatic carbocycles. The van der Waals surface area contributed by atoms with Crippen molar-refractivity contribution in [1.29, 1.82) is 0 Å². The second-order valence-electron chi connectivity index (χ2n) is 7.34. The highest BCUT2D eigenvalue weighted by Gasteiger charge is 2.21. The Labute approximate surface area is 187 Å². The number of hydrogen-bond donors (Lipinski definition) is 3. The maximum Gasteiger partial charge on any atom is 0.239 e. The molecule has 8 nitrogen and oxygen atoms in total. The van der Waals surface area contributed by atoms with Gasteiger partial charge in [-0.05, 0) is 61.0 Å².